The van der Waals surface area contributed by atoms with Crippen LogP contribution >= 0.6 is 203 Å². The van der Waals surface area contributed by atoms with E-state index in [2.05, 4.69) is 47.9 Å². The molecular formula is C55H70I9N9O24. The van der Waals surface area contributed by atoms with Crippen molar-refractivity contribution in [2.45, 2.75) is 75.1 Å². The molecule has 0 aromatic heterocycles. The van der Waals surface area contributed by atoms with Crippen LogP contribution in [0.3, 0.4) is 0 Å². The first-order valence-corrected chi connectivity index (χ1v) is 38.4. The maximum atomic E-state index is 13.6. The van der Waals surface area contributed by atoms with Crippen LogP contribution in [0.2, 0.25) is 0 Å². The van der Waals surface area contributed by atoms with Crippen LogP contribution in [0.25, 0.3) is 0 Å². The molecule has 0 saturated heterocycles. The largest absolute Gasteiger partial charge is 0.449 e. The maximum absolute atomic E-state index is 13.6. The SMILES string of the molecule is O=C(Nc1c(I)c(C(=O)NCC(O)CO)c(I)c(C(=O)NCC(O)CO)c1I)OCCCC(CCCOC(=O)Nc1c(I)c(C(=O)NCC(O)CO)c(I)c(C(=O)NCC(O)CO)c1I)CCCOC(=O)Nc1c(I)c(C(=O)NCC(O)CO)c(I)c(C(=O)NCC(O)CO)c1I. The number of ether oxygens (including phenoxy) is 3. The highest BCUT2D eigenvalue weighted by Gasteiger charge is 2.33. The first kappa shape index (κ1) is 89.6. The molecule has 6 atom stereocenters. The lowest BCUT2D eigenvalue weighted by Gasteiger charge is -2.21. The van der Waals surface area contributed by atoms with Gasteiger partial charge in [-0.05, 0) is 248 Å². The van der Waals surface area contributed by atoms with Gasteiger partial charge >= 0.3 is 18.3 Å². The molecule has 42 heteroatoms. The minimum atomic E-state index is -1.33. The van der Waals surface area contributed by atoms with E-state index in [9.17, 15) is 104 Å². The summed E-state index contributed by atoms with van der Waals surface area (Å²) in [6, 6.07) is 0. The highest BCUT2D eigenvalue weighted by molar-refractivity contribution is 14.1. The summed E-state index contributed by atoms with van der Waals surface area (Å²) < 4.78 is 18.1. The minimum absolute atomic E-state index is 0.0140. The second-order valence-electron chi connectivity index (χ2n) is 20.6. The molecule has 9 amide bonds. The molecule has 0 aliphatic carbocycles. The standard InChI is InChI=1S/C55H70I9N9O24/c56-35-29(47(86)65-10-23(80)16-74)38(59)44(39(60)30(35)48(87)66-11-24(81)17-75)71-53(92)95-7-1-4-22(5-2-8-96-54(93)72-45-40(61)31(49(88)67-12-25(82)18-76)36(57)32(41(45)62)50(89)68-13-26(83)19-77)6-3-9-97-55(94)73-46-42(63)33(51(90)69-14-27(84)20-78)37(58)34(43(46)64)52(91)70-15-28(85)21-79/h22-28,74-85H,1-21H2,(H,65,86)(H,66,87)(H,67,88)(H,68,89)(H,69,90)(H,70,91)(H,71,92)(H,72,93)(H,73,94). The quantitative estimate of drug-likeness (QED) is 0.0219. The average molecular weight is 2380 g/mol. The fraction of sp³-hybridized carbons (Fsp3) is 0.509. The van der Waals surface area contributed by atoms with E-state index < -0.39 is 130 Å². The van der Waals surface area contributed by atoms with E-state index in [1.807, 2.05) is 0 Å². The van der Waals surface area contributed by atoms with Gasteiger partial charge in [-0.15, -0.1) is 0 Å². The predicted molar refractivity (Wildman–Crippen MR) is 422 cm³/mol. The van der Waals surface area contributed by atoms with E-state index in [0.29, 0.717) is 19.3 Å². The molecule has 3 rings (SSSR count). The molecule has 3 aromatic rings. The minimum Gasteiger partial charge on any atom is -0.449 e. The molecule has 0 radical (unpaired) electrons. The molecule has 0 aliphatic heterocycles. The number of anilines is 3. The van der Waals surface area contributed by atoms with Crippen LogP contribution < -0.4 is 47.9 Å². The molecule has 0 fully saturated rings. The number of rotatable bonds is 39. The topological polar surface area (TPSA) is 532 Å². The first-order valence-electron chi connectivity index (χ1n) is 28.7. The van der Waals surface area contributed by atoms with Crippen LogP contribution in [-0.2, 0) is 14.2 Å². The third kappa shape index (κ3) is 28.1. The van der Waals surface area contributed by atoms with Crippen molar-refractivity contribution in [3.8, 4) is 0 Å². The number of aliphatic hydroxyl groups is 12. The van der Waals surface area contributed by atoms with Gasteiger partial charge in [0.25, 0.3) is 35.4 Å². The molecule has 0 bridgehead atoms. The fourth-order valence-electron chi connectivity index (χ4n) is 8.16. The Bertz CT molecular complexity index is 2780. The summed E-state index contributed by atoms with van der Waals surface area (Å²) in [6.45, 7) is -6.88. The molecule has 3 aromatic carbocycles. The van der Waals surface area contributed by atoms with Crippen LogP contribution in [0, 0.1) is 38.0 Å². The van der Waals surface area contributed by atoms with E-state index in [0.717, 1.165) is 0 Å². The second-order valence-corrected chi connectivity index (χ2v) is 30.3. The summed E-state index contributed by atoms with van der Waals surface area (Å²) in [7, 11) is 0. The molecular weight excluding hydrogens is 2310 g/mol. The number of carbonyl (C=O) groups excluding carboxylic acids is 9. The molecule has 0 spiro atoms. The van der Waals surface area contributed by atoms with Crippen molar-refractivity contribution < 1.29 is 119 Å². The molecule has 97 heavy (non-hydrogen) atoms. The van der Waals surface area contributed by atoms with Gasteiger partial charge in [0.1, 0.15) is 0 Å². The van der Waals surface area contributed by atoms with E-state index in [-0.39, 0.29) is 167 Å². The van der Waals surface area contributed by atoms with E-state index in [1.165, 1.54) is 0 Å². The molecule has 0 heterocycles. The summed E-state index contributed by atoms with van der Waals surface area (Å²) in [6.07, 6.45) is -9.30. The normalized spacial score (nSPS) is 13.3. The summed E-state index contributed by atoms with van der Waals surface area (Å²) in [5.74, 6) is -4.94. The lowest BCUT2D eigenvalue weighted by Crippen LogP contribution is -2.37. The van der Waals surface area contributed by atoms with Gasteiger partial charge in [0.05, 0.1) is 168 Å². The Kier molecular flexibility index (Phi) is 42.7. The van der Waals surface area contributed by atoms with E-state index in [4.69, 9.17) is 14.2 Å². The number of aliphatic hydroxyl groups excluding tert-OH is 12. The Morgan fingerprint density at radius 1 is 0.289 bits per heavy atom. The van der Waals surface area contributed by atoms with E-state index >= 15 is 0 Å². The van der Waals surface area contributed by atoms with Crippen molar-refractivity contribution in [1.29, 1.82) is 0 Å². The molecule has 542 valence electrons. The van der Waals surface area contributed by atoms with Gasteiger partial charge in [0.2, 0.25) is 0 Å². The molecule has 0 saturated carbocycles. The third-order valence-corrected chi connectivity index (χ3v) is 22.9. The van der Waals surface area contributed by atoms with Crippen molar-refractivity contribution >= 4 is 274 Å². The number of halogens is 9. The zero-order valence-corrected chi connectivity index (χ0v) is 70.0. The van der Waals surface area contributed by atoms with Crippen LogP contribution in [-0.4, -0.2) is 250 Å². The lowest BCUT2D eigenvalue weighted by atomic mass is 9.93. The molecule has 33 nitrogen and oxygen atoms in total. The van der Waals surface area contributed by atoms with E-state index in [1.54, 1.807) is 203 Å². The average Bonchev–Trinajstić information content (AvgIpc) is 0.786. The molecule has 6 unspecified atom stereocenters. The van der Waals surface area contributed by atoms with Crippen molar-refractivity contribution in [3.63, 3.8) is 0 Å². The Labute approximate surface area is 677 Å². The first-order chi connectivity index (χ1) is 45.8. The van der Waals surface area contributed by atoms with Gasteiger partial charge in [-0.2, -0.15) is 0 Å². The Morgan fingerprint density at radius 2 is 0.454 bits per heavy atom. The van der Waals surface area contributed by atoms with Gasteiger partial charge in [0, 0.05) is 50.0 Å². The smallest absolute Gasteiger partial charge is 0.411 e. The Hall–Kier alpha value is -1.62. The van der Waals surface area contributed by atoms with Crippen molar-refractivity contribution in [3.05, 3.63) is 65.5 Å². The summed E-state index contributed by atoms with van der Waals surface area (Å²) in [4.78, 5) is 122. The number of benzene rings is 3. The number of nitrogens with one attached hydrogen (secondary N) is 9. The number of hydrogen-bond acceptors (Lipinski definition) is 24. The van der Waals surface area contributed by atoms with Gasteiger partial charge in [-0.3, -0.25) is 44.7 Å². The van der Waals surface area contributed by atoms with Gasteiger partial charge in [0.15, 0.2) is 0 Å². The second kappa shape index (κ2) is 46.3. The van der Waals surface area contributed by atoms with Crippen LogP contribution in [0.15, 0.2) is 0 Å². The number of carbonyl (C=O) groups is 9. The monoisotopic (exact) mass is 2380 g/mol. The molecule has 0 aliphatic rings. The zero-order chi connectivity index (χ0) is 73.0. The highest BCUT2D eigenvalue weighted by atomic mass is 127. The Balaban J connectivity index is 1.94. The maximum Gasteiger partial charge on any atom is 0.411 e. The number of hydrogen-bond donors (Lipinski definition) is 21. The third-order valence-electron chi connectivity index (χ3n) is 13.2. The van der Waals surface area contributed by atoms with Gasteiger partial charge in [-0.25, -0.2) is 14.4 Å². The van der Waals surface area contributed by atoms with Crippen molar-refractivity contribution in [2.24, 2.45) is 5.92 Å². The van der Waals surface area contributed by atoms with Crippen LogP contribution in [0.5, 0.6) is 0 Å². The van der Waals surface area contributed by atoms with Gasteiger partial charge < -0.3 is 107 Å². The fourth-order valence-corrected chi connectivity index (χ4v) is 21.4. The van der Waals surface area contributed by atoms with Crippen LogP contribution in [0.1, 0.15) is 101 Å². The summed E-state index contributed by atoms with van der Waals surface area (Å²) in [5, 5.41) is 138. The lowest BCUT2D eigenvalue weighted by molar-refractivity contribution is 0.0792. The Morgan fingerprint density at radius 3 is 0.608 bits per heavy atom. The summed E-state index contributed by atoms with van der Waals surface area (Å²) >= 11 is 16.0. The van der Waals surface area contributed by atoms with Crippen LogP contribution in [0.4, 0.5) is 31.4 Å². The van der Waals surface area contributed by atoms with Gasteiger partial charge in [-0.1, -0.05) is 0 Å². The summed E-state index contributed by atoms with van der Waals surface area (Å²) in [5.41, 5.74) is -0.564. The molecule has 21 N–H and O–H groups in total. The van der Waals surface area contributed by atoms with Crippen molar-refractivity contribution in [1.82, 2.24) is 31.9 Å². The van der Waals surface area contributed by atoms with Crippen molar-refractivity contribution in [2.75, 3.05) is 115 Å². The zero-order valence-electron chi connectivity index (χ0n) is 50.6. The predicted octanol–water partition coefficient (Wildman–Crippen LogP) is 1.63. The number of amides is 9. The highest BCUT2D eigenvalue weighted by Crippen LogP contribution is 2.39.